The van der Waals surface area contributed by atoms with E-state index in [-0.39, 0.29) is 5.89 Å². The van der Waals surface area contributed by atoms with Crippen molar-refractivity contribution in [3.05, 3.63) is 50.2 Å². The largest absolute Gasteiger partial charge is 0.494 e. The molecule has 3 aromatic rings. The highest BCUT2D eigenvalue weighted by atomic mass is 79.9. The summed E-state index contributed by atoms with van der Waals surface area (Å²) in [7, 11) is 1.57. The van der Waals surface area contributed by atoms with Gasteiger partial charge in [-0.15, -0.1) is 28.2 Å². The first-order valence-electron chi connectivity index (χ1n) is 6.67. The molecule has 3 rings (SSSR count). The van der Waals surface area contributed by atoms with Crippen LogP contribution in [0.1, 0.15) is 5.56 Å². The van der Waals surface area contributed by atoms with E-state index in [1.807, 2.05) is 36.6 Å². The van der Waals surface area contributed by atoms with Crippen molar-refractivity contribution in [2.24, 2.45) is 0 Å². The van der Waals surface area contributed by atoms with Crippen molar-refractivity contribution in [2.75, 3.05) is 7.11 Å². The Bertz CT molecular complexity index is 868. The van der Waals surface area contributed by atoms with E-state index in [1.165, 1.54) is 33.3 Å². The Morgan fingerprint density at radius 1 is 1.39 bits per heavy atom. The first kappa shape index (κ1) is 16.4. The molecule has 0 amide bonds. The van der Waals surface area contributed by atoms with Gasteiger partial charge < -0.3 is 9.15 Å². The molecule has 0 spiro atoms. The fourth-order valence-corrected chi connectivity index (χ4v) is 4.26. The first-order valence-corrected chi connectivity index (χ1v) is 9.33. The van der Waals surface area contributed by atoms with E-state index in [1.54, 1.807) is 7.11 Å². The summed E-state index contributed by atoms with van der Waals surface area (Å²) in [5, 5.41) is 6.13. The van der Waals surface area contributed by atoms with Gasteiger partial charge in [-0.3, -0.25) is 0 Å². The zero-order chi connectivity index (χ0) is 16.4. The molecule has 0 bridgehead atoms. The number of thiophene rings is 1. The molecule has 0 fully saturated rings. The summed E-state index contributed by atoms with van der Waals surface area (Å²) in [4.78, 5) is 13.7. The number of nitrogens with zero attached hydrogens (tertiary/aromatic N) is 2. The van der Waals surface area contributed by atoms with E-state index in [4.69, 9.17) is 9.15 Å². The first-order chi connectivity index (χ1) is 11.1. The molecule has 0 aliphatic carbocycles. The summed E-state index contributed by atoms with van der Waals surface area (Å²) in [6.07, 6.45) is 0. The number of hydrogen-bond acceptors (Lipinski definition) is 6. The summed E-state index contributed by atoms with van der Waals surface area (Å²) < 4.78 is 12.7. The van der Waals surface area contributed by atoms with Gasteiger partial charge in [0.05, 0.1) is 17.5 Å². The number of benzene rings is 1. The van der Waals surface area contributed by atoms with Gasteiger partial charge in [-0.2, -0.15) is 4.68 Å². The fraction of sp³-hybridized carbons (Fsp3) is 0.200. The highest BCUT2D eigenvalue weighted by molar-refractivity contribution is 9.10. The molecule has 0 radical (unpaired) electrons. The molecule has 120 valence electrons. The van der Waals surface area contributed by atoms with Crippen LogP contribution in [0, 0.1) is 6.92 Å². The zero-order valence-corrected chi connectivity index (χ0v) is 15.6. The summed E-state index contributed by atoms with van der Waals surface area (Å²) in [6.45, 7) is 2.04. The molecule has 2 heterocycles. The second-order valence-corrected chi connectivity index (χ2v) is 7.46. The Morgan fingerprint density at radius 3 is 2.83 bits per heavy atom. The molecule has 1 aromatic carbocycles. The fourth-order valence-electron chi connectivity index (χ4n) is 1.91. The van der Waals surface area contributed by atoms with Crippen LogP contribution in [0.3, 0.4) is 0 Å². The minimum Gasteiger partial charge on any atom is -0.494 e. The van der Waals surface area contributed by atoms with Gasteiger partial charge in [-0.1, -0.05) is 17.7 Å². The van der Waals surface area contributed by atoms with Crippen LogP contribution in [-0.4, -0.2) is 16.9 Å². The molecule has 0 unspecified atom stereocenters. The van der Waals surface area contributed by atoms with Crippen molar-refractivity contribution in [3.63, 3.8) is 0 Å². The van der Waals surface area contributed by atoms with Crippen molar-refractivity contribution in [1.82, 2.24) is 9.78 Å². The lowest BCUT2D eigenvalue weighted by Gasteiger charge is -2.01. The molecule has 0 aliphatic heterocycles. The highest BCUT2D eigenvalue weighted by Crippen LogP contribution is 2.40. The Labute approximate surface area is 149 Å². The molecule has 0 atom stereocenters. The summed E-state index contributed by atoms with van der Waals surface area (Å²) in [5.41, 5.74) is 1.20. The predicted molar refractivity (Wildman–Crippen MR) is 95.4 cm³/mol. The monoisotopic (exact) mass is 412 g/mol. The second-order valence-electron chi connectivity index (χ2n) is 4.71. The van der Waals surface area contributed by atoms with Crippen LogP contribution in [0.5, 0.6) is 5.75 Å². The van der Waals surface area contributed by atoms with Crippen LogP contribution in [0.15, 0.2) is 48.2 Å². The third-order valence-corrected chi connectivity index (χ3v) is 5.90. The van der Waals surface area contributed by atoms with Crippen molar-refractivity contribution in [3.8, 4) is 16.5 Å². The molecular formula is C15H13BrN2O3S2. The van der Waals surface area contributed by atoms with E-state index >= 15 is 0 Å². The Morgan fingerprint density at radius 2 is 2.13 bits per heavy atom. The van der Waals surface area contributed by atoms with E-state index in [0.717, 1.165) is 9.37 Å². The van der Waals surface area contributed by atoms with Gasteiger partial charge in [0, 0.05) is 10.3 Å². The quantitative estimate of drug-likeness (QED) is 0.581. The maximum Gasteiger partial charge on any atom is 0.438 e. The molecule has 5 nitrogen and oxygen atoms in total. The molecule has 0 saturated heterocycles. The average molecular weight is 413 g/mol. The number of ether oxygens (including phenoxy) is 1. The van der Waals surface area contributed by atoms with Crippen LogP contribution in [0.4, 0.5) is 0 Å². The number of aromatic nitrogens is 2. The molecule has 8 heteroatoms. The molecule has 2 aromatic heterocycles. The predicted octanol–water partition coefficient (Wildman–Crippen LogP) is 4.39. The van der Waals surface area contributed by atoms with Gasteiger partial charge in [0.25, 0.3) is 5.89 Å². The standard InChI is InChI=1S/C15H13BrN2O3S2/c1-9-3-5-10(6-4-9)23-8-18-15(19)21-14(17-18)13-12(20-2)11(16)7-22-13/h3-7H,8H2,1-2H3. The number of thioether (sulfide) groups is 1. The van der Waals surface area contributed by atoms with Gasteiger partial charge in [0.15, 0.2) is 5.75 Å². The van der Waals surface area contributed by atoms with Crippen LogP contribution in [-0.2, 0) is 5.88 Å². The van der Waals surface area contributed by atoms with Crippen LogP contribution >= 0.6 is 39.0 Å². The summed E-state index contributed by atoms with van der Waals surface area (Å²) >= 11 is 6.32. The van der Waals surface area contributed by atoms with Gasteiger partial charge in [-0.05, 0) is 35.0 Å². The number of hydrogen-bond donors (Lipinski definition) is 0. The third-order valence-electron chi connectivity index (χ3n) is 3.08. The highest BCUT2D eigenvalue weighted by Gasteiger charge is 2.19. The van der Waals surface area contributed by atoms with Crippen LogP contribution in [0.25, 0.3) is 10.8 Å². The maximum atomic E-state index is 12.0. The average Bonchev–Trinajstić information content (AvgIpc) is 3.09. The number of aryl methyl sites for hydroxylation is 1. The van der Waals surface area contributed by atoms with Gasteiger partial charge in [0.2, 0.25) is 0 Å². The molecule has 0 saturated carbocycles. The molecule has 23 heavy (non-hydrogen) atoms. The molecule has 0 N–H and O–H groups in total. The smallest absolute Gasteiger partial charge is 0.438 e. The normalized spacial score (nSPS) is 10.9. The van der Waals surface area contributed by atoms with Gasteiger partial charge in [0.1, 0.15) is 4.88 Å². The number of halogens is 1. The zero-order valence-electron chi connectivity index (χ0n) is 12.4. The van der Waals surface area contributed by atoms with Crippen LogP contribution < -0.4 is 10.5 Å². The third kappa shape index (κ3) is 3.54. The van der Waals surface area contributed by atoms with Crippen molar-refractivity contribution >= 4 is 39.0 Å². The Balaban J connectivity index is 1.81. The van der Waals surface area contributed by atoms with Gasteiger partial charge in [-0.25, -0.2) is 4.79 Å². The lowest BCUT2D eigenvalue weighted by atomic mass is 10.2. The Hall–Kier alpha value is -1.51. The van der Waals surface area contributed by atoms with E-state index in [2.05, 4.69) is 21.0 Å². The maximum absolute atomic E-state index is 12.0. The topological polar surface area (TPSA) is 57.3 Å². The minimum absolute atomic E-state index is 0.270. The van der Waals surface area contributed by atoms with Crippen molar-refractivity contribution < 1.29 is 9.15 Å². The molecular weight excluding hydrogens is 400 g/mol. The lowest BCUT2D eigenvalue weighted by molar-refractivity contribution is 0.413. The number of rotatable bonds is 5. The summed E-state index contributed by atoms with van der Waals surface area (Å²) in [5.74, 6) is 0.799. The van der Waals surface area contributed by atoms with Crippen LogP contribution in [0.2, 0.25) is 0 Å². The molecule has 0 aliphatic rings. The lowest BCUT2D eigenvalue weighted by Crippen LogP contribution is -2.13. The second kappa shape index (κ2) is 6.94. The number of methoxy groups -OCH3 is 1. The van der Waals surface area contributed by atoms with Crippen molar-refractivity contribution in [2.45, 2.75) is 17.7 Å². The van der Waals surface area contributed by atoms with Crippen molar-refractivity contribution in [1.29, 1.82) is 0 Å². The Kier molecular flexibility index (Phi) is 4.93. The van der Waals surface area contributed by atoms with E-state index in [9.17, 15) is 4.79 Å². The minimum atomic E-state index is -0.480. The van der Waals surface area contributed by atoms with E-state index in [0.29, 0.717) is 16.5 Å². The van der Waals surface area contributed by atoms with Gasteiger partial charge >= 0.3 is 5.76 Å². The van der Waals surface area contributed by atoms with E-state index < -0.39 is 5.76 Å². The SMILES string of the molecule is COc1c(Br)csc1-c1nn(CSc2ccc(C)cc2)c(=O)o1. The summed E-state index contributed by atoms with van der Waals surface area (Å²) in [6, 6.07) is 8.11.